The first kappa shape index (κ1) is 11.0. The molecule has 2 rings (SSSR count). The van der Waals surface area contributed by atoms with Crippen LogP contribution in [0.25, 0.3) is 0 Å². The lowest BCUT2D eigenvalue weighted by molar-refractivity contribution is -0.118. The Bertz CT molecular complexity index is 445. The van der Waals surface area contributed by atoms with Gasteiger partial charge in [0, 0.05) is 6.07 Å². The van der Waals surface area contributed by atoms with Gasteiger partial charge in [-0.05, 0) is 18.6 Å². The highest BCUT2D eigenvalue weighted by Gasteiger charge is 2.28. The van der Waals surface area contributed by atoms with Crippen molar-refractivity contribution in [1.29, 1.82) is 0 Å². The van der Waals surface area contributed by atoms with Gasteiger partial charge in [-0.1, -0.05) is 24.8 Å². The number of rotatable bonds is 2. The largest absolute Gasteiger partial charge is 0.508 e. The van der Waals surface area contributed by atoms with Crippen LogP contribution in [0.4, 0.5) is 5.69 Å². The second-order valence-electron chi connectivity index (χ2n) is 3.44. The summed E-state index contributed by atoms with van der Waals surface area (Å²) in [5.41, 5.74) is 0.638. The van der Waals surface area contributed by atoms with Crippen molar-refractivity contribution in [2.24, 2.45) is 4.99 Å². The molecule has 0 spiro atoms. The van der Waals surface area contributed by atoms with Crippen LogP contribution in [-0.2, 0) is 4.79 Å². The molecule has 0 bridgehead atoms. The fraction of sp³-hybridized carbons (Fsp3) is 0.273. The number of aromatic hydroxyl groups is 1. The second kappa shape index (κ2) is 4.57. The predicted molar refractivity (Wildman–Crippen MR) is 65.0 cm³/mol. The highest BCUT2D eigenvalue weighted by atomic mass is 32.2. The smallest absolute Gasteiger partial charge is 0.239 e. The van der Waals surface area contributed by atoms with E-state index in [0.29, 0.717) is 10.9 Å². The van der Waals surface area contributed by atoms with E-state index in [2.05, 4.69) is 10.3 Å². The van der Waals surface area contributed by atoms with Crippen LogP contribution in [0.1, 0.15) is 13.3 Å². The number of thioether (sulfide) groups is 1. The van der Waals surface area contributed by atoms with Gasteiger partial charge in [-0.2, -0.15) is 0 Å². The lowest BCUT2D eigenvalue weighted by Gasteiger charge is -1.97. The zero-order valence-electron chi connectivity index (χ0n) is 8.80. The quantitative estimate of drug-likeness (QED) is 0.825. The zero-order valence-corrected chi connectivity index (χ0v) is 9.62. The molecule has 0 aromatic heterocycles. The number of carbonyl (C=O) groups excluding carboxylic acids is 1. The van der Waals surface area contributed by atoms with Crippen molar-refractivity contribution in [1.82, 2.24) is 5.32 Å². The molecule has 1 saturated heterocycles. The van der Waals surface area contributed by atoms with E-state index in [0.717, 1.165) is 6.42 Å². The van der Waals surface area contributed by atoms with Crippen molar-refractivity contribution in [3.63, 3.8) is 0 Å². The van der Waals surface area contributed by atoms with Gasteiger partial charge in [-0.15, -0.1) is 0 Å². The van der Waals surface area contributed by atoms with Crippen molar-refractivity contribution < 1.29 is 9.90 Å². The van der Waals surface area contributed by atoms with Gasteiger partial charge in [-0.25, -0.2) is 4.99 Å². The summed E-state index contributed by atoms with van der Waals surface area (Å²) in [5.74, 6) is 0.176. The lowest BCUT2D eigenvalue weighted by atomic mass is 10.3. The van der Waals surface area contributed by atoms with E-state index in [-0.39, 0.29) is 16.9 Å². The molecule has 4 nitrogen and oxygen atoms in total. The maximum atomic E-state index is 11.4. The molecule has 1 heterocycles. The van der Waals surface area contributed by atoms with Gasteiger partial charge in [0.15, 0.2) is 5.17 Å². The molecule has 0 saturated carbocycles. The van der Waals surface area contributed by atoms with Crippen molar-refractivity contribution in [3.05, 3.63) is 24.3 Å². The minimum atomic E-state index is -0.0453. The maximum Gasteiger partial charge on any atom is 0.239 e. The van der Waals surface area contributed by atoms with E-state index < -0.39 is 0 Å². The third kappa shape index (κ3) is 2.36. The minimum absolute atomic E-state index is 0.00593. The molecule has 2 N–H and O–H groups in total. The molecule has 84 valence electrons. The summed E-state index contributed by atoms with van der Waals surface area (Å²) in [6.45, 7) is 1.97. The predicted octanol–water partition coefficient (Wildman–Crippen LogP) is 2.02. The SMILES string of the molecule is CCC1SC(=Nc2cccc(O)c2)NC1=O. The normalized spacial score (nSPS) is 22.4. The minimum Gasteiger partial charge on any atom is -0.508 e. The molecular formula is C11H12N2O2S. The number of amides is 1. The number of phenols is 1. The topological polar surface area (TPSA) is 61.7 Å². The van der Waals surface area contributed by atoms with Crippen LogP contribution < -0.4 is 5.32 Å². The van der Waals surface area contributed by atoms with Crippen molar-refractivity contribution in [2.45, 2.75) is 18.6 Å². The van der Waals surface area contributed by atoms with Gasteiger partial charge >= 0.3 is 0 Å². The number of amidine groups is 1. The molecule has 16 heavy (non-hydrogen) atoms. The summed E-state index contributed by atoms with van der Waals surface area (Å²) in [5, 5.41) is 12.5. The van der Waals surface area contributed by atoms with E-state index in [1.807, 2.05) is 6.92 Å². The van der Waals surface area contributed by atoms with E-state index in [1.165, 1.54) is 11.8 Å². The van der Waals surface area contributed by atoms with Crippen LogP contribution >= 0.6 is 11.8 Å². The van der Waals surface area contributed by atoms with Gasteiger partial charge < -0.3 is 10.4 Å². The summed E-state index contributed by atoms with van der Waals surface area (Å²) in [6, 6.07) is 6.63. The van der Waals surface area contributed by atoms with E-state index in [4.69, 9.17) is 0 Å². The summed E-state index contributed by atoms with van der Waals surface area (Å²) in [7, 11) is 0. The van der Waals surface area contributed by atoms with Gasteiger partial charge in [-0.3, -0.25) is 4.79 Å². The number of nitrogens with zero attached hydrogens (tertiary/aromatic N) is 1. The summed E-state index contributed by atoms with van der Waals surface area (Å²) < 4.78 is 0. The van der Waals surface area contributed by atoms with Crippen molar-refractivity contribution in [3.8, 4) is 5.75 Å². The number of phenolic OH excluding ortho intramolecular Hbond substituents is 1. The average Bonchev–Trinajstić information content (AvgIpc) is 2.58. The number of aliphatic imine (C=N–C) groups is 1. The average molecular weight is 236 g/mol. The first-order valence-electron chi connectivity index (χ1n) is 5.04. The molecule has 1 unspecified atom stereocenters. The second-order valence-corrected chi connectivity index (χ2v) is 4.63. The molecule has 1 aromatic carbocycles. The first-order valence-corrected chi connectivity index (χ1v) is 5.92. The molecule has 1 aliphatic heterocycles. The number of carbonyl (C=O) groups is 1. The highest BCUT2D eigenvalue weighted by molar-refractivity contribution is 8.15. The summed E-state index contributed by atoms with van der Waals surface area (Å²) in [4.78, 5) is 15.7. The molecule has 0 radical (unpaired) electrons. The number of hydrogen-bond acceptors (Lipinski definition) is 4. The lowest BCUT2D eigenvalue weighted by Crippen LogP contribution is -2.24. The summed E-state index contributed by atoms with van der Waals surface area (Å²) in [6.07, 6.45) is 0.787. The van der Waals surface area contributed by atoms with E-state index in [1.54, 1.807) is 24.3 Å². The summed E-state index contributed by atoms with van der Waals surface area (Å²) >= 11 is 1.43. The van der Waals surface area contributed by atoms with Gasteiger partial charge in [0.25, 0.3) is 0 Å². The molecular weight excluding hydrogens is 224 g/mol. The zero-order chi connectivity index (χ0) is 11.5. The highest BCUT2D eigenvalue weighted by Crippen LogP contribution is 2.25. The number of hydrogen-bond donors (Lipinski definition) is 2. The Labute approximate surface area is 97.8 Å². The molecule has 1 amide bonds. The van der Waals surface area contributed by atoms with Crippen LogP contribution in [0.5, 0.6) is 5.75 Å². The Morgan fingerprint density at radius 1 is 1.56 bits per heavy atom. The fourth-order valence-corrected chi connectivity index (χ4v) is 2.33. The molecule has 5 heteroatoms. The molecule has 0 aliphatic carbocycles. The monoisotopic (exact) mass is 236 g/mol. The van der Waals surface area contributed by atoms with E-state index in [9.17, 15) is 9.90 Å². The molecule has 1 fully saturated rings. The van der Waals surface area contributed by atoms with E-state index >= 15 is 0 Å². The number of benzene rings is 1. The van der Waals surface area contributed by atoms with Gasteiger partial charge in [0.05, 0.1) is 10.9 Å². The fourth-order valence-electron chi connectivity index (χ4n) is 1.41. The standard InChI is InChI=1S/C11H12N2O2S/c1-2-9-10(15)13-11(16-9)12-7-4-3-5-8(14)6-7/h3-6,9,14H,2H2,1H3,(H,12,13,15). The van der Waals surface area contributed by atoms with Gasteiger partial charge in [0.1, 0.15) is 5.75 Å². The molecule has 1 atom stereocenters. The Balaban J connectivity index is 2.17. The van der Waals surface area contributed by atoms with Crippen LogP contribution in [0.2, 0.25) is 0 Å². The van der Waals surface area contributed by atoms with Crippen LogP contribution in [0, 0.1) is 0 Å². The Kier molecular flexibility index (Phi) is 3.14. The molecule has 1 aliphatic rings. The third-order valence-electron chi connectivity index (χ3n) is 2.21. The van der Waals surface area contributed by atoms with Crippen molar-refractivity contribution in [2.75, 3.05) is 0 Å². The van der Waals surface area contributed by atoms with Crippen LogP contribution in [-0.4, -0.2) is 21.4 Å². The Hall–Kier alpha value is -1.49. The van der Waals surface area contributed by atoms with Gasteiger partial charge in [0.2, 0.25) is 5.91 Å². The maximum absolute atomic E-state index is 11.4. The number of nitrogens with one attached hydrogen (secondary N) is 1. The van der Waals surface area contributed by atoms with Crippen molar-refractivity contribution >= 4 is 28.5 Å². The van der Waals surface area contributed by atoms with Crippen LogP contribution in [0.15, 0.2) is 29.3 Å². The third-order valence-corrected chi connectivity index (χ3v) is 3.46. The Morgan fingerprint density at radius 3 is 3.00 bits per heavy atom. The first-order chi connectivity index (χ1) is 7.69. The van der Waals surface area contributed by atoms with Crippen LogP contribution in [0.3, 0.4) is 0 Å². The Morgan fingerprint density at radius 2 is 2.38 bits per heavy atom. The molecule has 1 aromatic rings.